The number of benzene rings is 3. The van der Waals surface area contributed by atoms with E-state index in [2.05, 4.69) is 26.4 Å². The molecular formula is C25H28ClN5O5S. The Kier molecular flexibility index (Phi) is 9.72. The Morgan fingerprint density at radius 3 is 2.05 bits per heavy atom. The lowest BCUT2D eigenvalue weighted by molar-refractivity contribution is -0.123. The fourth-order valence-electron chi connectivity index (χ4n) is 3.24. The lowest BCUT2D eigenvalue weighted by Gasteiger charge is -2.20. The van der Waals surface area contributed by atoms with Crippen molar-refractivity contribution in [2.75, 3.05) is 18.0 Å². The Labute approximate surface area is 220 Å². The molecule has 3 aromatic rings. The van der Waals surface area contributed by atoms with Gasteiger partial charge in [0, 0.05) is 11.4 Å². The molecule has 10 nitrogen and oxygen atoms in total. The third kappa shape index (κ3) is 8.10. The van der Waals surface area contributed by atoms with Gasteiger partial charge in [-0.25, -0.2) is 8.42 Å². The van der Waals surface area contributed by atoms with E-state index in [4.69, 9.17) is 16.3 Å². The summed E-state index contributed by atoms with van der Waals surface area (Å²) in [5, 5.41) is 0.222. The van der Waals surface area contributed by atoms with Crippen molar-refractivity contribution in [2.45, 2.75) is 30.7 Å². The van der Waals surface area contributed by atoms with Crippen molar-refractivity contribution in [3.63, 3.8) is 0 Å². The number of hydrogen-bond donors (Lipinski definition) is 5. The fourth-order valence-corrected chi connectivity index (χ4v) is 4.88. The second-order valence-electron chi connectivity index (χ2n) is 7.98. The van der Waals surface area contributed by atoms with Crippen LogP contribution in [-0.4, -0.2) is 33.4 Å². The highest BCUT2D eigenvalue weighted by molar-refractivity contribution is 7.89. The smallest absolute Gasteiger partial charge is 0.256 e. The highest BCUT2D eigenvalue weighted by Crippen LogP contribution is 2.30. The standard InChI is InChI=1S/C25H28ClN5O5S/c1-17-15-22(36-2)23(16-20(17)26)37(34,35)31-21(25(33)30-28-19-11-7-4-8-12-19)13-14-24(32)29-27-18-9-5-3-6-10-18/h3-12,15-16,21,27-28,31H,13-14H2,1-2H3,(H,29,32)(H,30,33). The number of carbonyl (C=O) groups excluding carboxylic acids is 2. The number of para-hydroxylation sites is 2. The molecule has 0 saturated heterocycles. The Hall–Kier alpha value is -3.80. The first-order valence-corrected chi connectivity index (χ1v) is 13.1. The Bertz CT molecular complexity index is 1320. The molecule has 0 aliphatic carbocycles. The van der Waals surface area contributed by atoms with Gasteiger partial charge in [0.15, 0.2) is 0 Å². The largest absolute Gasteiger partial charge is 0.495 e. The Morgan fingerprint density at radius 2 is 1.49 bits per heavy atom. The van der Waals surface area contributed by atoms with Crippen molar-refractivity contribution in [2.24, 2.45) is 0 Å². The average molecular weight is 546 g/mol. The summed E-state index contributed by atoms with van der Waals surface area (Å²) in [5.41, 5.74) is 12.4. The quantitative estimate of drug-likeness (QED) is 0.220. The molecule has 0 aliphatic rings. The van der Waals surface area contributed by atoms with Crippen molar-refractivity contribution in [3.05, 3.63) is 83.4 Å². The topological polar surface area (TPSA) is 138 Å². The molecule has 0 spiro atoms. The zero-order valence-electron chi connectivity index (χ0n) is 20.2. The van der Waals surface area contributed by atoms with Gasteiger partial charge in [-0.2, -0.15) is 4.72 Å². The fraction of sp³-hybridized carbons (Fsp3) is 0.200. The summed E-state index contributed by atoms with van der Waals surface area (Å²) in [5.74, 6) is -1.05. The second-order valence-corrected chi connectivity index (χ2v) is 10.1. The molecule has 0 bridgehead atoms. The summed E-state index contributed by atoms with van der Waals surface area (Å²) in [6.07, 6.45) is -0.288. The number of halogens is 1. The summed E-state index contributed by atoms with van der Waals surface area (Å²) < 4.78 is 34.1. The van der Waals surface area contributed by atoms with E-state index in [-0.39, 0.29) is 28.5 Å². The summed E-state index contributed by atoms with van der Waals surface area (Å²) in [6.45, 7) is 1.71. The van der Waals surface area contributed by atoms with Crippen LogP contribution in [0.25, 0.3) is 0 Å². The van der Waals surface area contributed by atoms with Gasteiger partial charge in [0.1, 0.15) is 16.7 Å². The number of aryl methyl sites for hydroxylation is 1. The summed E-state index contributed by atoms with van der Waals surface area (Å²) in [6, 6.07) is 19.2. The monoisotopic (exact) mass is 545 g/mol. The van der Waals surface area contributed by atoms with Gasteiger partial charge < -0.3 is 4.74 Å². The van der Waals surface area contributed by atoms with Crippen LogP contribution in [0.2, 0.25) is 5.02 Å². The molecule has 0 aromatic heterocycles. The van der Waals surface area contributed by atoms with E-state index in [0.29, 0.717) is 16.9 Å². The van der Waals surface area contributed by atoms with Crippen molar-refractivity contribution >= 4 is 44.8 Å². The summed E-state index contributed by atoms with van der Waals surface area (Å²) >= 11 is 6.16. The van der Waals surface area contributed by atoms with Gasteiger partial charge in [0.2, 0.25) is 15.9 Å². The van der Waals surface area contributed by atoms with E-state index in [1.165, 1.54) is 19.2 Å². The predicted octanol–water partition coefficient (Wildman–Crippen LogP) is 3.37. The minimum absolute atomic E-state index is 0.0702. The maximum atomic E-state index is 13.3. The number of nitrogens with one attached hydrogen (secondary N) is 5. The number of sulfonamides is 1. The Balaban J connectivity index is 1.74. The zero-order chi connectivity index (χ0) is 26.8. The molecule has 1 unspecified atom stereocenters. The van der Waals surface area contributed by atoms with Crippen LogP contribution in [0.3, 0.4) is 0 Å². The maximum absolute atomic E-state index is 13.3. The maximum Gasteiger partial charge on any atom is 0.256 e. The molecule has 5 N–H and O–H groups in total. The number of rotatable bonds is 12. The minimum Gasteiger partial charge on any atom is -0.495 e. The van der Waals surface area contributed by atoms with Crippen molar-refractivity contribution in [3.8, 4) is 5.75 Å². The number of hydrogen-bond acceptors (Lipinski definition) is 7. The summed E-state index contributed by atoms with van der Waals surface area (Å²) in [7, 11) is -2.93. The third-order valence-corrected chi connectivity index (χ3v) is 7.13. The first-order valence-electron chi connectivity index (χ1n) is 11.3. The van der Waals surface area contributed by atoms with Crippen molar-refractivity contribution < 1.29 is 22.7 Å². The van der Waals surface area contributed by atoms with Crippen LogP contribution in [0.4, 0.5) is 11.4 Å². The van der Waals surface area contributed by atoms with Crippen molar-refractivity contribution in [1.82, 2.24) is 15.6 Å². The van der Waals surface area contributed by atoms with Crippen LogP contribution in [0, 0.1) is 6.92 Å². The molecule has 3 rings (SSSR count). The van der Waals surface area contributed by atoms with Gasteiger partial charge in [0.05, 0.1) is 18.5 Å². The normalized spacial score (nSPS) is 11.8. The molecule has 37 heavy (non-hydrogen) atoms. The zero-order valence-corrected chi connectivity index (χ0v) is 21.8. The molecule has 0 aliphatic heterocycles. The highest BCUT2D eigenvalue weighted by Gasteiger charge is 2.29. The molecule has 0 heterocycles. The molecule has 3 aromatic carbocycles. The predicted molar refractivity (Wildman–Crippen MR) is 142 cm³/mol. The first kappa shape index (κ1) is 27.8. The van der Waals surface area contributed by atoms with Gasteiger partial charge in [-0.05, 0) is 55.3 Å². The lowest BCUT2D eigenvalue weighted by Crippen LogP contribution is -2.48. The van der Waals surface area contributed by atoms with E-state index >= 15 is 0 Å². The summed E-state index contributed by atoms with van der Waals surface area (Å²) in [4.78, 5) is 25.2. The van der Waals surface area contributed by atoms with Crippen LogP contribution in [-0.2, 0) is 19.6 Å². The molecule has 196 valence electrons. The van der Waals surface area contributed by atoms with E-state index in [1.54, 1.807) is 55.5 Å². The second kappa shape index (κ2) is 12.9. The lowest BCUT2D eigenvalue weighted by atomic mass is 10.1. The van der Waals surface area contributed by atoms with Crippen LogP contribution >= 0.6 is 11.6 Å². The van der Waals surface area contributed by atoms with Gasteiger partial charge in [-0.1, -0.05) is 48.0 Å². The minimum atomic E-state index is -4.27. The van der Waals surface area contributed by atoms with E-state index in [1.807, 2.05) is 12.1 Å². The molecule has 12 heteroatoms. The van der Waals surface area contributed by atoms with Crippen LogP contribution in [0.1, 0.15) is 18.4 Å². The van der Waals surface area contributed by atoms with Gasteiger partial charge in [0.25, 0.3) is 5.91 Å². The van der Waals surface area contributed by atoms with E-state index in [0.717, 1.165) is 0 Å². The number of ether oxygens (including phenoxy) is 1. The van der Waals surface area contributed by atoms with E-state index < -0.39 is 27.9 Å². The molecular weight excluding hydrogens is 518 g/mol. The number of amides is 2. The highest BCUT2D eigenvalue weighted by atomic mass is 35.5. The molecule has 1 atom stereocenters. The third-order valence-electron chi connectivity index (χ3n) is 5.23. The molecule has 0 saturated carbocycles. The Morgan fingerprint density at radius 1 is 0.919 bits per heavy atom. The van der Waals surface area contributed by atoms with E-state index in [9.17, 15) is 18.0 Å². The SMILES string of the molecule is COc1cc(C)c(Cl)cc1S(=O)(=O)NC(CCC(=O)NNc1ccccc1)C(=O)NNc1ccccc1. The first-order chi connectivity index (χ1) is 17.7. The molecule has 2 amide bonds. The van der Waals surface area contributed by atoms with Gasteiger partial charge >= 0.3 is 0 Å². The van der Waals surface area contributed by atoms with Crippen molar-refractivity contribution in [1.29, 1.82) is 0 Å². The van der Waals surface area contributed by atoms with Crippen LogP contribution in [0.15, 0.2) is 77.7 Å². The number of carbonyl (C=O) groups is 2. The van der Waals surface area contributed by atoms with Crippen LogP contribution in [0.5, 0.6) is 5.75 Å². The average Bonchev–Trinajstić information content (AvgIpc) is 2.90. The number of methoxy groups -OCH3 is 1. The van der Waals surface area contributed by atoms with Crippen LogP contribution < -0.4 is 31.2 Å². The number of hydrazine groups is 2. The number of anilines is 2. The molecule has 0 fully saturated rings. The van der Waals surface area contributed by atoms with Gasteiger partial charge in [-0.15, -0.1) is 0 Å². The molecule has 0 radical (unpaired) electrons. The van der Waals surface area contributed by atoms with Gasteiger partial charge in [-0.3, -0.25) is 31.3 Å².